The van der Waals surface area contributed by atoms with Crippen LogP contribution in [0.15, 0.2) is 47.6 Å². The Morgan fingerprint density at radius 2 is 2.09 bits per heavy atom. The molecule has 0 aromatic heterocycles. The summed E-state index contributed by atoms with van der Waals surface area (Å²) in [6.07, 6.45) is 0.789. The number of azide groups is 1. The van der Waals surface area contributed by atoms with E-state index in [2.05, 4.69) is 15.3 Å². The van der Waals surface area contributed by atoms with Crippen molar-refractivity contribution >= 4 is 17.3 Å². The number of carboxylic acid groups (broad SMARTS) is 1. The summed E-state index contributed by atoms with van der Waals surface area (Å²) in [5.41, 5.74) is 12.0. The van der Waals surface area contributed by atoms with Gasteiger partial charge in [0, 0.05) is 28.7 Å². The van der Waals surface area contributed by atoms with Gasteiger partial charge in [0.2, 0.25) is 0 Å². The fraction of sp³-hybridized carbons (Fsp3) is 0.188. The Balaban J connectivity index is 2.17. The summed E-state index contributed by atoms with van der Waals surface area (Å²) in [6.45, 7) is 0.770. The van der Waals surface area contributed by atoms with Gasteiger partial charge in [-0.15, -0.1) is 0 Å². The van der Waals surface area contributed by atoms with E-state index < -0.39 is 5.97 Å². The summed E-state index contributed by atoms with van der Waals surface area (Å²) in [7, 11) is 0. The minimum atomic E-state index is -0.974. The van der Waals surface area contributed by atoms with E-state index in [9.17, 15) is 9.90 Å². The highest BCUT2D eigenvalue weighted by molar-refractivity contribution is 5.90. The molecule has 0 amide bonds. The Labute approximate surface area is 127 Å². The fourth-order valence-corrected chi connectivity index (χ4v) is 2.94. The first-order chi connectivity index (χ1) is 10.7. The highest BCUT2D eigenvalue weighted by Crippen LogP contribution is 2.39. The van der Waals surface area contributed by atoms with Crippen molar-refractivity contribution < 1.29 is 9.90 Å². The predicted octanol–water partition coefficient (Wildman–Crippen LogP) is 4.27. The second kappa shape index (κ2) is 5.79. The third kappa shape index (κ3) is 2.47. The van der Waals surface area contributed by atoms with E-state index in [1.54, 1.807) is 6.07 Å². The molecule has 0 saturated carbocycles. The molecule has 22 heavy (non-hydrogen) atoms. The van der Waals surface area contributed by atoms with E-state index in [-0.39, 0.29) is 11.5 Å². The molecule has 0 fully saturated rings. The van der Waals surface area contributed by atoms with Crippen LogP contribution >= 0.6 is 0 Å². The van der Waals surface area contributed by atoms with Crippen molar-refractivity contribution in [2.75, 3.05) is 11.9 Å². The van der Waals surface area contributed by atoms with Crippen molar-refractivity contribution in [1.82, 2.24) is 0 Å². The third-order valence-corrected chi connectivity index (χ3v) is 3.89. The maximum absolute atomic E-state index is 11.5. The minimum Gasteiger partial charge on any atom is -0.478 e. The first-order valence-corrected chi connectivity index (χ1v) is 6.96. The van der Waals surface area contributed by atoms with E-state index in [1.807, 2.05) is 24.3 Å². The molecular formula is C16H14N4O2. The zero-order chi connectivity index (χ0) is 15.5. The van der Waals surface area contributed by atoms with Gasteiger partial charge in [0.15, 0.2) is 0 Å². The van der Waals surface area contributed by atoms with Crippen LogP contribution in [0, 0.1) is 0 Å². The molecule has 6 nitrogen and oxygen atoms in total. The number of fused-ring (bicyclic) bond motifs is 1. The second-order valence-corrected chi connectivity index (χ2v) is 5.12. The molecule has 2 N–H and O–H groups in total. The number of rotatable bonds is 3. The standard InChI is InChI=1S/C16H14N4O2/c17-20-19-10-5-6-13(16(21)22)14(9-10)11-7-8-18-15-4-2-1-3-12(11)15/h1-6,9,11,18H,7-8H2,(H,21,22). The third-order valence-electron chi connectivity index (χ3n) is 3.89. The van der Waals surface area contributed by atoms with Gasteiger partial charge in [-0.05, 0) is 41.3 Å². The van der Waals surface area contributed by atoms with Crippen LogP contribution in [-0.4, -0.2) is 17.6 Å². The molecule has 1 atom stereocenters. The van der Waals surface area contributed by atoms with Crippen molar-refractivity contribution in [3.8, 4) is 0 Å². The normalized spacial score (nSPS) is 16.1. The topological polar surface area (TPSA) is 98.1 Å². The van der Waals surface area contributed by atoms with Crippen molar-refractivity contribution in [2.24, 2.45) is 5.11 Å². The Hall–Kier alpha value is -2.98. The molecule has 1 unspecified atom stereocenters. The highest BCUT2D eigenvalue weighted by Gasteiger charge is 2.25. The lowest BCUT2D eigenvalue weighted by atomic mass is 9.82. The zero-order valence-corrected chi connectivity index (χ0v) is 11.7. The molecule has 1 heterocycles. The van der Waals surface area contributed by atoms with E-state index >= 15 is 0 Å². The molecule has 110 valence electrons. The molecule has 0 saturated heterocycles. The first-order valence-electron chi connectivity index (χ1n) is 6.96. The quantitative estimate of drug-likeness (QED) is 0.502. The van der Waals surface area contributed by atoms with Gasteiger partial charge < -0.3 is 10.4 Å². The average Bonchev–Trinajstić information content (AvgIpc) is 2.54. The van der Waals surface area contributed by atoms with E-state index in [0.29, 0.717) is 11.3 Å². The summed E-state index contributed by atoms with van der Waals surface area (Å²) in [6, 6.07) is 12.6. The van der Waals surface area contributed by atoms with Crippen LogP contribution < -0.4 is 5.32 Å². The van der Waals surface area contributed by atoms with Crippen LogP contribution in [0.3, 0.4) is 0 Å². The van der Waals surface area contributed by atoms with Crippen molar-refractivity contribution in [1.29, 1.82) is 0 Å². The minimum absolute atomic E-state index is 0.0302. The number of para-hydroxylation sites is 1. The van der Waals surface area contributed by atoms with Crippen LogP contribution in [0.25, 0.3) is 10.4 Å². The van der Waals surface area contributed by atoms with E-state index in [4.69, 9.17) is 5.53 Å². The number of anilines is 1. The van der Waals surface area contributed by atoms with Gasteiger partial charge in [-0.25, -0.2) is 4.79 Å². The maximum atomic E-state index is 11.5. The summed E-state index contributed by atoms with van der Waals surface area (Å²) < 4.78 is 0. The molecule has 2 aromatic carbocycles. The lowest BCUT2D eigenvalue weighted by molar-refractivity contribution is 0.0695. The number of hydrogen-bond acceptors (Lipinski definition) is 3. The molecule has 0 radical (unpaired) electrons. The van der Waals surface area contributed by atoms with E-state index in [0.717, 1.165) is 24.2 Å². The molecule has 0 bridgehead atoms. The van der Waals surface area contributed by atoms with Gasteiger partial charge in [0.1, 0.15) is 0 Å². The molecule has 6 heteroatoms. The Bertz CT molecular complexity index is 781. The second-order valence-electron chi connectivity index (χ2n) is 5.12. The molecule has 1 aliphatic rings. The van der Waals surface area contributed by atoms with Crippen LogP contribution in [-0.2, 0) is 0 Å². The number of nitrogens with one attached hydrogen (secondary N) is 1. The molecular weight excluding hydrogens is 280 g/mol. The van der Waals surface area contributed by atoms with Gasteiger partial charge in [0.05, 0.1) is 5.56 Å². The SMILES string of the molecule is [N-]=[N+]=Nc1ccc(C(=O)O)c(C2CCNc3ccccc32)c1. The van der Waals surface area contributed by atoms with Crippen LogP contribution in [0.2, 0.25) is 0 Å². The van der Waals surface area contributed by atoms with Gasteiger partial charge in [-0.2, -0.15) is 0 Å². The molecule has 0 aliphatic carbocycles. The van der Waals surface area contributed by atoms with Crippen molar-refractivity contribution in [2.45, 2.75) is 12.3 Å². The van der Waals surface area contributed by atoms with E-state index in [1.165, 1.54) is 12.1 Å². The largest absolute Gasteiger partial charge is 0.478 e. The summed E-state index contributed by atoms with van der Waals surface area (Å²) >= 11 is 0. The number of benzene rings is 2. The van der Waals surface area contributed by atoms with Gasteiger partial charge in [-0.1, -0.05) is 29.4 Å². The molecule has 3 rings (SSSR count). The summed E-state index contributed by atoms with van der Waals surface area (Å²) in [4.78, 5) is 14.3. The summed E-state index contributed by atoms with van der Waals surface area (Å²) in [5, 5.41) is 16.4. The first kappa shape index (κ1) is 14.0. The smallest absolute Gasteiger partial charge is 0.335 e. The number of hydrogen-bond donors (Lipinski definition) is 2. The number of nitrogens with zero attached hydrogens (tertiary/aromatic N) is 3. The number of carboxylic acids is 1. The lowest BCUT2D eigenvalue weighted by Gasteiger charge is -2.28. The Morgan fingerprint density at radius 3 is 2.86 bits per heavy atom. The highest BCUT2D eigenvalue weighted by atomic mass is 16.4. The average molecular weight is 294 g/mol. The van der Waals surface area contributed by atoms with Crippen molar-refractivity contribution in [3.05, 3.63) is 69.6 Å². The maximum Gasteiger partial charge on any atom is 0.335 e. The van der Waals surface area contributed by atoms with Crippen LogP contribution in [0.1, 0.15) is 33.8 Å². The molecule has 2 aromatic rings. The Kier molecular flexibility index (Phi) is 3.68. The molecule has 0 spiro atoms. The number of aromatic carboxylic acids is 1. The molecule has 1 aliphatic heterocycles. The monoisotopic (exact) mass is 294 g/mol. The van der Waals surface area contributed by atoms with Gasteiger partial charge >= 0.3 is 5.97 Å². The van der Waals surface area contributed by atoms with Crippen LogP contribution in [0.5, 0.6) is 0 Å². The summed E-state index contributed by atoms with van der Waals surface area (Å²) in [5.74, 6) is -1.00. The van der Waals surface area contributed by atoms with Gasteiger partial charge in [-0.3, -0.25) is 0 Å². The Morgan fingerprint density at radius 1 is 1.27 bits per heavy atom. The fourth-order valence-electron chi connectivity index (χ4n) is 2.94. The van der Waals surface area contributed by atoms with Gasteiger partial charge in [0.25, 0.3) is 0 Å². The van der Waals surface area contributed by atoms with Crippen LogP contribution in [0.4, 0.5) is 11.4 Å². The number of carbonyl (C=O) groups is 1. The lowest BCUT2D eigenvalue weighted by Crippen LogP contribution is -2.19. The zero-order valence-electron chi connectivity index (χ0n) is 11.7. The van der Waals surface area contributed by atoms with Crippen molar-refractivity contribution in [3.63, 3.8) is 0 Å². The predicted molar refractivity (Wildman–Crippen MR) is 83.6 cm³/mol.